The molecule has 0 bridgehead atoms. The summed E-state index contributed by atoms with van der Waals surface area (Å²) in [5, 5.41) is 11.6. The lowest BCUT2D eigenvalue weighted by Gasteiger charge is -2.18. The Labute approximate surface area is 277 Å². The minimum absolute atomic E-state index is 0.339. The quantitative estimate of drug-likeness (QED) is 0.146. The molecule has 8 rings (SSSR count). The summed E-state index contributed by atoms with van der Waals surface area (Å²) in [4.78, 5) is 33.2. The molecule has 226 valence electrons. The molecule has 6 nitrogen and oxygen atoms in total. The van der Waals surface area contributed by atoms with E-state index in [4.69, 9.17) is 6.57 Å². The van der Waals surface area contributed by atoms with Crippen molar-refractivity contribution >= 4 is 45.0 Å². The first-order valence-corrected chi connectivity index (χ1v) is 15.5. The van der Waals surface area contributed by atoms with Gasteiger partial charge >= 0.3 is 0 Å². The topological polar surface area (TPSA) is 70.5 Å². The van der Waals surface area contributed by atoms with E-state index >= 15 is 0 Å². The average molecular weight is 619 g/mol. The fourth-order valence-electron chi connectivity index (χ4n) is 7.11. The van der Waals surface area contributed by atoms with Gasteiger partial charge in [0, 0.05) is 21.9 Å². The van der Waals surface area contributed by atoms with Crippen molar-refractivity contribution in [3.05, 3.63) is 161 Å². The average Bonchev–Trinajstić information content (AvgIpc) is 3.59. The maximum Gasteiger partial charge on any atom is 0.268 e. The Morgan fingerprint density at radius 2 is 1.23 bits per heavy atom. The van der Waals surface area contributed by atoms with Gasteiger partial charge in [-0.05, 0) is 66.9 Å². The van der Waals surface area contributed by atoms with Gasteiger partial charge in [0.25, 0.3) is 11.8 Å². The molecule has 6 heteroatoms. The minimum atomic E-state index is -0.381. The van der Waals surface area contributed by atoms with E-state index in [1.807, 2.05) is 92.7 Å². The third-order valence-electron chi connectivity index (χ3n) is 9.23. The monoisotopic (exact) mass is 618 g/mol. The number of aryl methyl sites for hydroxylation is 2. The van der Waals surface area contributed by atoms with Crippen LogP contribution in [0.15, 0.2) is 121 Å². The van der Waals surface area contributed by atoms with E-state index in [0.717, 1.165) is 55.2 Å². The highest BCUT2D eigenvalue weighted by molar-refractivity contribution is 6.36. The van der Waals surface area contributed by atoms with E-state index in [1.165, 1.54) is 4.90 Å². The van der Waals surface area contributed by atoms with E-state index < -0.39 is 0 Å². The van der Waals surface area contributed by atoms with Gasteiger partial charge in [0.2, 0.25) is 0 Å². The number of amides is 2. The zero-order chi connectivity index (χ0) is 33.1. The summed E-state index contributed by atoms with van der Waals surface area (Å²) in [5.74, 6) is -0.744. The van der Waals surface area contributed by atoms with Gasteiger partial charge in [0.05, 0.1) is 51.7 Å². The second-order valence-electron chi connectivity index (χ2n) is 12.0. The summed E-state index contributed by atoms with van der Waals surface area (Å²) in [6.07, 6.45) is 0. The number of hydrogen-bond donors (Lipinski definition) is 0. The molecule has 2 heterocycles. The normalized spacial score (nSPS) is 12.4. The molecular formula is C42H26N4O2. The molecule has 0 saturated carbocycles. The predicted molar refractivity (Wildman–Crippen MR) is 190 cm³/mol. The van der Waals surface area contributed by atoms with E-state index in [2.05, 4.69) is 39.7 Å². The van der Waals surface area contributed by atoms with E-state index in [0.29, 0.717) is 33.8 Å². The van der Waals surface area contributed by atoms with Crippen LogP contribution in [0.5, 0.6) is 0 Å². The molecule has 6 aromatic carbocycles. The van der Waals surface area contributed by atoms with Gasteiger partial charge in [-0.2, -0.15) is 5.26 Å². The third-order valence-corrected chi connectivity index (χ3v) is 9.23. The van der Waals surface area contributed by atoms with Crippen LogP contribution in [0.4, 0.5) is 11.4 Å². The molecule has 1 aliphatic rings. The molecule has 0 N–H and O–H groups in total. The summed E-state index contributed by atoms with van der Waals surface area (Å²) >= 11 is 0. The Morgan fingerprint density at radius 1 is 0.625 bits per heavy atom. The van der Waals surface area contributed by atoms with Crippen molar-refractivity contribution in [1.82, 2.24) is 4.57 Å². The first kappa shape index (κ1) is 28.7. The molecule has 0 saturated heterocycles. The van der Waals surface area contributed by atoms with Crippen LogP contribution in [0.25, 0.3) is 54.6 Å². The molecule has 0 fully saturated rings. The Kier molecular flexibility index (Phi) is 6.54. The molecule has 0 spiro atoms. The van der Waals surface area contributed by atoms with Crippen LogP contribution >= 0.6 is 0 Å². The number of imide groups is 1. The minimum Gasteiger partial charge on any atom is -0.307 e. The standard InChI is InChI=1S/C42H26N4O2/c1-25-22-27(24-43)18-20-30(25)32-12-7-14-34-35-15-8-13-33(31-21-19-28(44-3)23-26(31)2)40(35)46(39(32)34)37-17-9-16-36-38(37)42(48)45(41(36)47)29-10-5-4-6-11-29/h4-23H,1-2H3. The molecule has 48 heavy (non-hydrogen) atoms. The molecule has 7 aromatic rings. The van der Waals surface area contributed by atoms with Gasteiger partial charge in [-0.15, -0.1) is 0 Å². The smallest absolute Gasteiger partial charge is 0.268 e. The molecule has 1 aliphatic heterocycles. The van der Waals surface area contributed by atoms with Crippen LogP contribution in [0.1, 0.15) is 37.4 Å². The van der Waals surface area contributed by atoms with E-state index in [9.17, 15) is 14.9 Å². The molecule has 0 radical (unpaired) electrons. The van der Waals surface area contributed by atoms with Gasteiger partial charge in [-0.25, -0.2) is 9.74 Å². The van der Waals surface area contributed by atoms with Gasteiger partial charge in [0.1, 0.15) is 0 Å². The number of nitriles is 1. The van der Waals surface area contributed by atoms with Crippen molar-refractivity contribution in [1.29, 1.82) is 5.26 Å². The van der Waals surface area contributed by atoms with Crippen molar-refractivity contribution in [2.75, 3.05) is 4.90 Å². The number of fused-ring (bicyclic) bond motifs is 4. The van der Waals surface area contributed by atoms with Gasteiger partial charge < -0.3 is 4.57 Å². The number of carbonyl (C=O) groups is 2. The number of aromatic nitrogens is 1. The van der Waals surface area contributed by atoms with Crippen molar-refractivity contribution in [2.45, 2.75) is 13.8 Å². The number of nitrogens with zero attached hydrogens (tertiary/aromatic N) is 4. The van der Waals surface area contributed by atoms with Gasteiger partial charge in [-0.3, -0.25) is 9.59 Å². The van der Waals surface area contributed by atoms with Crippen LogP contribution in [0.2, 0.25) is 0 Å². The largest absolute Gasteiger partial charge is 0.307 e. The Balaban J connectivity index is 1.52. The van der Waals surface area contributed by atoms with Crippen molar-refractivity contribution < 1.29 is 9.59 Å². The highest BCUT2D eigenvalue weighted by Crippen LogP contribution is 2.45. The molecule has 1 aromatic heterocycles. The number of rotatable bonds is 4. The molecule has 0 unspecified atom stereocenters. The second kappa shape index (κ2) is 10.9. The maximum atomic E-state index is 14.4. The Morgan fingerprint density at radius 3 is 1.83 bits per heavy atom. The number of para-hydroxylation sites is 3. The van der Waals surface area contributed by atoms with Crippen LogP contribution in [-0.4, -0.2) is 16.4 Å². The molecular weight excluding hydrogens is 592 g/mol. The number of benzene rings is 6. The van der Waals surface area contributed by atoms with Crippen LogP contribution in [0, 0.1) is 31.8 Å². The summed E-state index contributed by atoms with van der Waals surface area (Å²) in [5.41, 5.74) is 10.4. The van der Waals surface area contributed by atoms with Crippen molar-refractivity contribution in [3.63, 3.8) is 0 Å². The number of carbonyl (C=O) groups excluding carboxylic acids is 2. The zero-order valence-electron chi connectivity index (χ0n) is 26.2. The summed E-state index contributed by atoms with van der Waals surface area (Å²) in [6.45, 7) is 11.5. The van der Waals surface area contributed by atoms with Crippen molar-refractivity contribution in [2.24, 2.45) is 0 Å². The highest BCUT2D eigenvalue weighted by Gasteiger charge is 2.39. The lowest BCUT2D eigenvalue weighted by molar-refractivity contribution is 0.0926. The lowest BCUT2D eigenvalue weighted by Crippen LogP contribution is -2.29. The van der Waals surface area contributed by atoms with Crippen LogP contribution in [-0.2, 0) is 0 Å². The van der Waals surface area contributed by atoms with Gasteiger partial charge in [0.15, 0.2) is 5.69 Å². The number of anilines is 1. The SMILES string of the molecule is [C-]#[N+]c1ccc(-c2cccc3c4cccc(-c5ccc(C#N)cc5C)c4n(-c4cccc5c4C(=O)N(c4ccccc4)C5=O)c23)c(C)c1. The van der Waals surface area contributed by atoms with Crippen molar-refractivity contribution in [3.8, 4) is 34.0 Å². The maximum absolute atomic E-state index is 14.4. The zero-order valence-corrected chi connectivity index (χ0v) is 26.2. The highest BCUT2D eigenvalue weighted by atomic mass is 16.2. The molecule has 0 aliphatic carbocycles. The molecule has 2 amide bonds. The number of hydrogen-bond acceptors (Lipinski definition) is 3. The van der Waals surface area contributed by atoms with E-state index in [1.54, 1.807) is 18.2 Å². The lowest BCUT2D eigenvalue weighted by atomic mass is 9.96. The summed E-state index contributed by atoms with van der Waals surface area (Å²) in [7, 11) is 0. The Bertz CT molecular complexity index is 2480. The predicted octanol–water partition coefficient (Wildman–Crippen LogP) is 9.96. The molecule has 0 atom stereocenters. The summed E-state index contributed by atoms with van der Waals surface area (Å²) < 4.78 is 2.13. The first-order chi connectivity index (χ1) is 23.4. The third kappa shape index (κ3) is 4.17. The first-order valence-electron chi connectivity index (χ1n) is 15.5. The fraction of sp³-hybridized carbons (Fsp3) is 0.0476. The van der Waals surface area contributed by atoms with Crippen LogP contribution in [0.3, 0.4) is 0 Å². The van der Waals surface area contributed by atoms with Gasteiger partial charge in [-0.1, -0.05) is 90.5 Å². The summed E-state index contributed by atoms with van der Waals surface area (Å²) in [6, 6.07) is 40.4. The van der Waals surface area contributed by atoms with Crippen LogP contribution < -0.4 is 4.90 Å². The van der Waals surface area contributed by atoms with E-state index in [-0.39, 0.29) is 11.8 Å². The fourth-order valence-corrected chi connectivity index (χ4v) is 7.11. The Hall–Kier alpha value is -6.76. The second-order valence-corrected chi connectivity index (χ2v) is 12.0.